The van der Waals surface area contributed by atoms with Gasteiger partial charge in [-0.1, -0.05) is 0 Å². The lowest BCUT2D eigenvalue weighted by Crippen LogP contribution is -2.63. The van der Waals surface area contributed by atoms with Crippen LogP contribution < -0.4 is 0 Å². The molecule has 9 heteroatoms. The molecule has 0 unspecified atom stereocenters. The van der Waals surface area contributed by atoms with Crippen molar-refractivity contribution in [1.82, 2.24) is 36.9 Å². The van der Waals surface area contributed by atoms with Gasteiger partial charge in [0, 0.05) is 71.1 Å². The Labute approximate surface area is 212 Å². The van der Waals surface area contributed by atoms with Crippen molar-refractivity contribution in [3.63, 3.8) is 0 Å². The molecule has 8 rings (SSSR count). The van der Waals surface area contributed by atoms with E-state index in [0.717, 1.165) is 44.1 Å². The van der Waals surface area contributed by atoms with Crippen LogP contribution in [0.2, 0.25) is 0 Å². The number of hydrogen-bond donors (Lipinski definition) is 0. The molecule has 0 amide bonds. The van der Waals surface area contributed by atoms with E-state index in [0.29, 0.717) is 0 Å². The molecule has 8 aromatic heterocycles. The van der Waals surface area contributed by atoms with Crippen molar-refractivity contribution in [1.29, 1.82) is 0 Å². The van der Waals surface area contributed by atoms with E-state index in [4.69, 9.17) is 19.9 Å². The van der Waals surface area contributed by atoms with Crippen LogP contribution >= 0.6 is 0 Å². The Morgan fingerprint density at radius 3 is 0.919 bits per heavy atom. The zero-order valence-corrected chi connectivity index (χ0v) is 20.6. The van der Waals surface area contributed by atoms with Crippen molar-refractivity contribution in [3.8, 4) is 0 Å². The van der Waals surface area contributed by atoms with Gasteiger partial charge in [0.1, 0.15) is 22.6 Å². The lowest BCUT2D eigenvalue weighted by atomic mass is 10.3. The van der Waals surface area contributed by atoms with Gasteiger partial charge >= 0.3 is 8.72 Å². The molecular weight excluding hydrogens is 476 g/mol. The van der Waals surface area contributed by atoms with Crippen LogP contribution in [0.5, 0.6) is 0 Å². The lowest BCUT2D eigenvalue weighted by Gasteiger charge is -2.36. The maximum absolute atomic E-state index is 4.87. The minimum absolute atomic E-state index is 0.891. The third-order valence-corrected chi connectivity index (χ3v) is 11.1. The van der Waals surface area contributed by atoms with Gasteiger partial charge in [-0.05, 0) is 72.8 Å². The van der Waals surface area contributed by atoms with Crippen LogP contribution in [0.15, 0.2) is 122 Å². The van der Waals surface area contributed by atoms with Crippen molar-refractivity contribution in [2.75, 3.05) is 0 Å². The molecule has 8 aromatic rings. The van der Waals surface area contributed by atoms with Crippen LogP contribution in [0.3, 0.4) is 0 Å². The van der Waals surface area contributed by atoms with E-state index in [1.165, 1.54) is 0 Å². The minimum atomic E-state index is -3.33. The molecule has 0 fully saturated rings. The van der Waals surface area contributed by atoms with E-state index < -0.39 is 8.72 Å². The van der Waals surface area contributed by atoms with Crippen LogP contribution in [0.1, 0.15) is 0 Å². The summed E-state index contributed by atoms with van der Waals surface area (Å²) in [5.74, 6) is 0. The second kappa shape index (κ2) is 7.49. The van der Waals surface area contributed by atoms with E-state index in [1.807, 2.05) is 49.1 Å². The Hall–Kier alpha value is -5.02. The number of rotatable bonds is 4. The molecule has 0 aliphatic carbocycles. The Morgan fingerprint density at radius 1 is 0.378 bits per heavy atom. The molecule has 0 spiro atoms. The fourth-order valence-corrected chi connectivity index (χ4v) is 9.90. The number of hydrogen-bond acceptors (Lipinski definition) is 4. The normalized spacial score (nSPS) is 12.3. The molecule has 176 valence electrons. The topological polar surface area (TPSA) is 71.3 Å². The van der Waals surface area contributed by atoms with Gasteiger partial charge < -0.3 is 16.9 Å². The first-order valence-corrected chi connectivity index (χ1v) is 13.8. The first kappa shape index (κ1) is 20.2. The first-order chi connectivity index (χ1) is 18.4. The molecule has 0 bridgehead atoms. The molecule has 0 radical (unpaired) electrons. The molecule has 8 nitrogen and oxygen atoms in total. The molecule has 0 saturated heterocycles. The zero-order valence-electron chi connectivity index (χ0n) is 19.6. The second-order valence-electron chi connectivity index (χ2n) is 9.01. The molecule has 0 saturated carbocycles. The molecule has 0 aromatic carbocycles. The quantitative estimate of drug-likeness (QED) is 0.321. The summed E-state index contributed by atoms with van der Waals surface area (Å²) in [6.45, 7) is 0. The summed E-state index contributed by atoms with van der Waals surface area (Å²) >= 11 is 0. The summed E-state index contributed by atoms with van der Waals surface area (Å²) in [6.07, 6.45) is 16.0. The zero-order chi connectivity index (χ0) is 24.4. The molecular formula is C28H20N8Si. The number of aromatic nitrogens is 8. The highest BCUT2D eigenvalue weighted by atomic mass is 28.4. The predicted molar refractivity (Wildman–Crippen MR) is 146 cm³/mol. The third kappa shape index (κ3) is 2.66. The minimum Gasteiger partial charge on any atom is -0.306 e. The third-order valence-electron chi connectivity index (χ3n) is 7.09. The molecule has 37 heavy (non-hydrogen) atoms. The summed E-state index contributed by atoms with van der Waals surface area (Å²) in [7, 11) is -3.33. The first-order valence-electron chi connectivity index (χ1n) is 12.1. The summed E-state index contributed by atoms with van der Waals surface area (Å²) in [5.41, 5.74) is 3.56. The Balaban J connectivity index is 1.65. The monoisotopic (exact) mass is 496 g/mol. The maximum atomic E-state index is 4.87. The largest absolute Gasteiger partial charge is 0.524 e. The van der Waals surface area contributed by atoms with Gasteiger partial charge in [-0.25, -0.2) is 19.9 Å². The van der Waals surface area contributed by atoms with Gasteiger partial charge in [-0.3, -0.25) is 0 Å². The molecule has 0 N–H and O–H groups in total. The summed E-state index contributed by atoms with van der Waals surface area (Å²) < 4.78 is 9.27. The highest BCUT2D eigenvalue weighted by Crippen LogP contribution is 2.31. The van der Waals surface area contributed by atoms with E-state index in [1.54, 1.807) is 0 Å². The van der Waals surface area contributed by atoms with Crippen LogP contribution in [-0.4, -0.2) is 45.6 Å². The SMILES string of the molecule is c1cnc2c(c1)ccn2[Si](n1ccc2cccnc21)(n1ccc2cccnc21)n1ccc2cccnc21. The lowest BCUT2D eigenvalue weighted by molar-refractivity contribution is 0.850. The van der Waals surface area contributed by atoms with Gasteiger partial charge in [0.2, 0.25) is 0 Å². The van der Waals surface area contributed by atoms with E-state index in [9.17, 15) is 0 Å². The molecule has 0 aliphatic heterocycles. The highest BCUT2D eigenvalue weighted by molar-refractivity contribution is 6.76. The van der Waals surface area contributed by atoms with Crippen molar-refractivity contribution in [3.05, 3.63) is 122 Å². The molecule has 0 atom stereocenters. The number of pyridine rings is 4. The van der Waals surface area contributed by atoms with Gasteiger partial charge in [0.15, 0.2) is 0 Å². The summed E-state index contributed by atoms with van der Waals surface area (Å²) in [6, 6.07) is 24.8. The number of nitrogens with zero attached hydrogens (tertiary/aromatic N) is 8. The Kier molecular flexibility index (Phi) is 4.09. The summed E-state index contributed by atoms with van der Waals surface area (Å²) in [5, 5.41) is 4.27. The van der Waals surface area contributed by atoms with E-state index in [-0.39, 0.29) is 0 Å². The average molecular weight is 497 g/mol. The van der Waals surface area contributed by atoms with Crippen molar-refractivity contribution in [2.45, 2.75) is 0 Å². The average Bonchev–Trinajstić information content (AvgIpc) is 3.75. The standard InChI is InChI=1S/C28H20N8Si/c1-5-21-9-17-33(25(21)29-13-1)37(34-18-10-22-6-2-14-30-26(22)34,35-19-11-23-7-3-15-31-27(23)35)36-20-12-24-8-4-16-32-28(24)36/h1-20H. The fraction of sp³-hybridized carbons (Fsp3) is 0. The molecule has 0 aliphatic rings. The maximum Gasteiger partial charge on any atom is 0.524 e. The van der Waals surface area contributed by atoms with Crippen molar-refractivity contribution in [2.24, 2.45) is 0 Å². The fourth-order valence-electron chi connectivity index (χ4n) is 5.53. The van der Waals surface area contributed by atoms with Gasteiger partial charge in [0.25, 0.3) is 0 Å². The Bertz CT molecular complexity index is 1780. The van der Waals surface area contributed by atoms with Gasteiger partial charge in [0.05, 0.1) is 0 Å². The van der Waals surface area contributed by atoms with Crippen LogP contribution in [-0.2, 0) is 0 Å². The van der Waals surface area contributed by atoms with Crippen LogP contribution in [0, 0.1) is 0 Å². The van der Waals surface area contributed by atoms with Gasteiger partial charge in [-0.15, -0.1) is 0 Å². The van der Waals surface area contributed by atoms with E-state index in [2.05, 4.69) is 90.2 Å². The summed E-state index contributed by atoms with van der Waals surface area (Å²) in [4.78, 5) is 19.5. The smallest absolute Gasteiger partial charge is 0.306 e. The highest BCUT2D eigenvalue weighted by Gasteiger charge is 2.49. The Morgan fingerprint density at radius 2 is 0.649 bits per heavy atom. The number of fused-ring (bicyclic) bond motifs is 4. The second-order valence-corrected chi connectivity index (χ2v) is 12.1. The van der Waals surface area contributed by atoms with Gasteiger partial charge in [-0.2, -0.15) is 0 Å². The predicted octanol–water partition coefficient (Wildman–Crippen LogP) is 5.01. The van der Waals surface area contributed by atoms with Crippen molar-refractivity contribution < 1.29 is 0 Å². The van der Waals surface area contributed by atoms with Crippen molar-refractivity contribution >= 4 is 52.9 Å². The van der Waals surface area contributed by atoms with Crippen LogP contribution in [0.25, 0.3) is 44.1 Å². The molecule has 8 heterocycles. The van der Waals surface area contributed by atoms with E-state index >= 15 is 0 Å². The van der Waals surface area contributed by atoms with Crippen LogP contribution in [0.4, 0.5) is 0 Å².